The third kappa shape index (κ3) is 11.3. The normalized spacial score (nSPS) is 11.6. The van der Waals surface area contributed by atoms with Crippen LogP contribution in [0.4, 0.5) is 8.78 Å². The number of benzene rings is 4. The Morgan fingerprint density at radius 2 is 1.00 bits per heavy atom. The van der Waals surface area contributed by atoms with Gasteiger partial charge in [0.2, 0.25) is 11.8 Å². The molecule has 56 heavy (non-hydrogen) atoms. The standard InChI is InChI=1S/C21H16ClFN2O4.C21H18ClFN2O2/c1-12(13-2-4-14(5-3-13)21(27)28)25-19(26)18-10-15(22)11-24-20(18)29-17-8-6-16(23)7-9-17;1-13-3-5-15(6-4-13)14(2)25-20(26)19-11-16(22)12-24-21(19)27-18-9-7-17(23)8-10-18/h2-12H,1H3,(H,25,26)(H,27,28);3-12,14H,1-2H3,(H,25,26)/t12-;14-/m00/s1. The quantitative estimate of drug-likeness (QED) is 0.118. The Morgan fingerprint density at radius 1 is 0.625 bits per heavy atom. The van der Waals surface area contributed by atoms with Crippen molar-refractivity contribution in [3.8, 4) is 23.3 Å². The molecule has 0 bridgehead atoms. The Bertz CT molecular complexity index is 2310. The van der Waals surface area contributed by atoms with E-state index in [9.17, 15) is 23.2 Å². The van der Waals surface area contributed by atoms with Gasteiger partial charge in [0.15, 0.2) is 0 Å². The number of carbonyl (C=O) groups is 3. The van der Waals surface area contributed by atoms with Gasteiger partial charge in [-0.3, -0.25) is 9.59 Å². The van der Waals surface area contributed by atoms with E-state index >= 15 is 0 Å². The van der Waals surface area contributed by atoms with Gasteiger partial charge in [-0.05, 0) is 105 Å². The molecule has 0 spiro atoms. The molecule has 6 aromatic rings. The number of nitrogens with zero attached hydrogens (tertiary/aromatic N) is 2. The fourth-order valence-electron chi connectivity index (χ4n) is 5.05. The van der Waals surface area contributed by atoms with Gasteiger partial charge in [-0.15, -0.1) is 0 Å². The van der Waals surface area contributed by atoms with Gasteiger partial charge in [0, 0.05) is 12.4 Å². The Balaban J connectivity index is 0.000000215. The second-order valence-electron chi connectivity index (χ2n) is 12.4. The molecule has 0 saturated carbocycles. The zero-order chi connectivity index (χ0) is 40.4. The second-order valence-corrected chi connectivity index (χ2v) is 13.2. The van der Waals surface area contributed by atoms with E-state index in [1.54, 1.807) is 19.1 Å². The van der Waals surface area contributed by atoms with Crippen LogP contribution in [0.25, 0.3) is 0 Å². The molecule has 2 aromatic heterocycles. The smallest absolute Gasteiger partial charge is 0.335 e. The zero-order valence-electron chi connectivity index (χ0n) is 30.1. The summed E-state index contributed by atoms with van der Waals surface area (Å²) >= 11 is 12.0. The number of hydrogen-bond donors (Lipinski definition) is 3. The molecule has 4 aromatic carbocycles. The van der Waals surface area contributed by atoms with Crippen LogP contribution in [0.2, 0.25) is 10.0 Å². The highest BCUT2D eigenvalue weighted by Gasteiger charge is 2.20. The number of nitrogens with one attached hydrogen (secondary N) is 2. The highest BCUT2D eigenvalue weighted by atomic mass is 35.5. The Kier molecular flexibility index (Phi) is 13.7. The highest BCUT2D eigenvalue weighted by molar-refractivity contribution is 6.31. The van der Waals surface area contributed by atoms with E-state index in [0.29, 0.717) is 16.5 Å². The molecule has 2 heterocycles. The molecule has 0 aliphatic heterocycles. The molecular weight excluding hydrogens is 765 g/mol. The van der Waals surface area contributed by atoms with Crippen molar-refractivity contribution < 1.29 is 37.7 Å². The predicted molar refractivity (Wildman–Crippen MR) is 208 cm³/mol. The number of aromatic nitrogens is 2. The minimum absolute atomic E-state index is 0.0203. The molecule has 10 nitrogen and oxygen atoms in total. The molecule has 2 atom stereocenters. The summed E-state index contributed by atoms with van der Waals surface area (Å²) in [5.41, 5.74) is 3.30. The Morgan fingerprint density at radius 3 is 1.38 bits per heavy atom. The monoisotopic (exact) mass is 798 g/mol. The first-order valence-corrected chi connectivity index (χ1v) is 17.7. The predicted octanol–water partition coefficient (Wildman–Crippen LogP) is 10.3. The number of amides is 2. The minimum Gasteiger partial charge on any atom is -0.478 e. The van der Waals surface area contributed by atoms with Crippen LogP contribution >= 0.6 is 23.2 Å². The van der Waals surface area contributed by atoms with Crippen molar-refractivity contribution in [1.82, 2.24) is 20.6 Å². The number of carboxylic acid groups (broad SMARTS) is 1. The minimum atomic E-state index is -1.03. The van der Waals surface area contributed by atoms with Gasteiger partial charge in [0.1, 0.15) is 34.3 Å². The molecular formula is C42H34Cl2F2N4O6. The number of hydrogen-bond acceptors (Lipinski definition) is 7. The zero-order valence-corrected chi connectivity index (χ0v) is 31.6. The summed E-state index contributed by atoms with van der Waals surface area (Å²) in [5, 5.41) is 15.3. The lowest BCUT2D eigenvalue weighted by Crippen LogP contribution is -2.27. The average Bonchev–Trinajstić information content (AvgIpc) is 3.18. The Hall–Kier alpha value is -6.37. The van der Waals surface area contributed by atoms with Crippen LogP contribution in [0.5, 0.6) is 23.3 Å². The van der Waals surface area contributed by atoms with Crippen LogP contribution in [0.3, 0.4) is 0 Å². The lowest BCUT2D eigenvalue weighted by atomic mass is 10.1. The highest BCUT2D eigenvalue weighted by Crippen LogP contribution is 2.28. The fraction of sp³-hybridized carbons (Fsp3) is 0.119. The molecule has 14 heteroatoms. The summed E-state index contributed by atoms with van der Waals surface area (Å²) in [6.07, 6.45) is 2.73. The number of carbonyl (C=O) groups excluding carboxylic acids is 2. The topological polar surface area (TPSA) is 140 Å². The SMILES string of the molecule is C[C@H](NC(=O)c1cc(Cl)cnc1Oc1ccc(F)cc1)c1ccc(C(=O)O)cc1.Cc1ccc([C@H](C)NC(=O)c2cc(Cl)cnc2Oc2ccc(F)cc2)cc1. The molecule has 286 valence electrons. The largest absolute Gasteiger partial charge is 0.478 e. The summed E-state index contributed by atoms with van der Waals surface area (Å²) in [6.45, 7) is 5.65. The summed E-state index contributed by atoms with van der Waals surface area (Å²) < 4.78 is 37.4. The maximum Gasteiger partial charge on any atom is 0.335 e. The Labute approximate surface area is 331 Å². The van der Waals surface area contributed by atoms with E-state index in [-0.39, 0.29) is 51.2 Å². The summed E-state index contributed by atoms with van der Waals surface area (Å²) in [4.78, 5) is 44.7. The van der Waals surface area contributed by atoms with Gasteiger partial charge < -0.3 is 25.2 Å². The third-order valence-electron chi connectivity index (χ3n) is 8.11. The van der Waals surface area contributed by atoms with Crippen LogP contribution in [-0.4, -0.2) is 32.9 Å². The van der Waals surface area contributed by atoms with Crippen molar-refractivity contribution in [2.45, 2.75) is 32.9 Å². The lowest BCUT2D eigenvalue weighted by Gasteiger charge is -2.16. The number of ether oxygens (including phenoxy) is 2. The van der Waals surface area contributed by atoms with Crippen molar-refractivity contribution in [3.63, 3.8) is 0 Å². The summed E-state index contributed by atoms with van der Waals surface area (Å²) in [5.74, 6) is -1.87. The average molecular weight is 800 g/mol. The van der Waals surface area contributed by atoms with Gasteiger partial charge >= 0.3 is 5.97 Å². The van der Waals surface area contributed by atoms with Crippen LogP contribution in [0.1, 0.15) is 73.7 Å². The van der Waals surface area contributed by atoms with Gasteiger partial charge in [-0.1, -0.05) is 65.2 Å². The van der Waals surface area contributed by atoms with Crippen molar-refractivity contribution >= 4 is 41.0 Å². The molecule has 0 aliphatic carbocycles. The number of halogens is 4. The molecule has 3 N–H and O–H groups in total. The van der Waals surface area contributed by atoms with E-state index in [0.717, 1.165) is 16.7 Å². The lowest BCUT2D eigenvalue weighted by molar-refractivity contribution is 0.0696. The maximum atomic E-state index is 13.1. The van der Waals surface area contributed by atoms with Crippen molar-refractivity contribution in [2.24, 2.45) is 0 Å². The van der Waals surface area contributed by atoms with E-state index in [2.05, 4.69) is 20.6 Å². The first-order chi connectivity index (χ1) is 26.7. The van der Waals surface area contributed by atoms with Crippen molar-refractivity contribution in [3.05, 3.63) is 177 Å². The van der Waals surface area contributed by atoms with Crippen LogP contribution < -0.4 is 20.1 Å². The maximum absolute atomic E-state index is 13.1. The second kappa shape index (κ2) is 18.8. The van der Waals surface area contributed by atoms with Gasteiger partial charge in [0.25, 0.3) is 11.8 Å². The molecule has 6 rings (SSSR count). The first kappa shape index (κ1) is 40.8. The molecule has 0 fully saturated rings. The molecule has 2 amide bonds. The molecule has 0 radical (unpaired) electrons. The third-order valence-corrected chi connectivity index (χ3v) is 8.52. The number of aryl methyl sites for hydroxylation is 1. The van der Waals surface area contributed by atoms with E-state index in [4.69, 9.17) is 37.8 Å². The molecule has 0 aliphatic rings. The van der Waals surface area contributed by atoms with E-state index in [1.165, 1.54) is 85.2 Å². The van der Waals surface area contributed by atoms with Gasteiger partial charge in [-0.2, -0.15) is 0 Å². The molecule has 0 unspecified atom stereocenters. The molecule has 0 saturated heterocycles. The first-order valence-electron chi connectivity index (χ1n) is 16.9. The van der Waals surface area contributed by atoms with Gasteiger partial charge in [0.05, 0.1) is 27.7 Å². The van der Waals surface area contributed by atoms with E-state index < -0.39 is 23.7 Å². The van der Waals surface area contributed by atoms with Crippen LogP contribution in [0, 0.1) is 18.6 Å². The number of aromatic carboxylic acids is 1. The number of pyridine rings is 2. The number of carboxylic acids is 1. The summed E-state index contributed by atoms with van der Waals surface area (Å²) in [7, 11) is 0. The fourth-order valence-corrected chi connectivity index (χ4v) is 5.37. The van der Waals surface area contributed by atoms with E-state index in [1.807, 2.05) is 38.1 Å². The number of rotatable bonds is 11. The van der Waals surface area contributed by atoms with Gasteiger partial charge in [-0.25, -0.2) is 23.5 Å². The van der Waals surface area contributed by atoms with Crippen LogP contribution in [0.15, 0.2) is 122 Å². The summed E-state index contributed by atoms with van der Waals surface area (Å²) in [6, 6.07) is 27.1. The van der Waals surface area contributed by atoms with Crippen molar-refractivity contribution in [2.75, 3.05) is 0 Å². The van der Waals surface area contributed by atoms with Crippen LogP contribution in [-0.2, 0) is 0 Å². The van der Waals surface area contributed by atoms with Crippen molar-refractivity contribution in [1.29, 1.82) is 0 Å².